The zero-order valence-electron chi connectivity index (χ0n) is 9.62. The zero-order chi connectivity index (χ0) is 11.5. The van der Waals surface area contributed by atoms with Gasteiger partial charge in [-0.1, -0.05) is 17.7 Å². The van der Waals surface area contributed by atoms with Crippen molar-refractivity contribution in [2.24, 2.45) is 0 Å². The number of aliphatic hydroxyl groups excluding tert-OH is 1. The van der Waals surface area contributed by atoms with Gasteiger partial charge in [0, 0.05) is 13.1 Å². The fourth-order valence-corrected chi connectivity index (χ4v) is 2.56. The van der Waals surface area contributed by atoms with Crippen LogP contribution in [0, 0.1) is 0 Å². The standard InChI is InChI=1S/C13H18ClNO/c1-10(16)8-11-4-5-13(12(14)9-11)15-6-2-3-7-15/h4-5,9-10,16H,2-3,6-8H2,1H3. The van der Waals surface area contributed by atoms with E-state index in [-0.39, 0.29) is 6.10 Å². The van der Waals surface area contributed by atoms with Crippen LogP contribution in [0.3, 0.4) is 0 Å². The molecule has 1 fully saturated rings. The number of anilines is 1. The lowest BCUT2D eigenvalue weighted by atomic mass is 10.1. The van der Waals surface area contributed by atoms with Crippen LogP contribution in [-0.4, -0.2) is 24.3 Å². The quantitative estimate of drug-likeness (QED) is 0.877. The van der Waals surface area contributed by atoms with E-state index in [0.29, 0.717) is 6.42 Å². The molecule has 1 N–H and O–H groups in total. The molecule has 16 heavy (non-hydrogen) atoms. The first-order valence-electron chi connectivity index (χ1n) is 5.88. The van der Waals surface area contributed by atoms with E-state index >= 15 is 0 Å². The third-order valence-electron chi connectivity index (χ3n) is 2.99. The molecular formula is C13H18ClNO. The van der Waals surface area contributed by atoms with Gasteiger partial charge in [0.25, 0.3) is 0 Å². The fraction of sp³-hybridized carbons (Fsp3) is 0.538. The predicted molar refractivity (Wildman–Crippen MR) is 68.3 cm³/mol. The Morgan fingerprint density at radius 1 is 1.38 bits per heavy atom. The van der Waals surface area contributed by atoms with Crippen molar-refractivity contribution < 1.29 is 5.11 Å². The molecule has 0 aliphatic carbocycles. The molecule has 0 bridgehead atoms. The highest BCUT2D eigenvalue weighted by Crippen LogP contribution is 2.29. The molecule has 0 amide bonds. The molecule has 1 heterocycles. The second kappa shape index (κ2) is 5.07. The van der Waals surface area contributed by atoms with Crippen molar-refractivity contribution in [3.63, 3.8) is 0 Å². The van der Waals surface area contributed by atoms with Crippen molar-refractivity contribution in [1.82, 2.24) is 0 Å². The molecule has 1 aliphatic heterocycles. The van der Waals surface area contributed by atoms with Crippen molar-refractivity contribution in [1.29, 1.82) is 0 Å². The normalized spacial score (nSPS) is 17.8. The highest BCUT2D eigenvalue weighted by molar-refractivity contribution is 6.33. The number of rotatable bonds is 3. The third kappa shape index (κ3) is 2.69. The Morgan fingerprint density at radius 2 is 2.06 bits per heavy atom. The van der Waals surface area contributed by atoms with Gasteiger partial charge in [-0.05, 0) is 43.9 Å². The van der Waals surface area contributed by atoms with Crippen LogP contribution in [-0.2, 0) is 6.42 Å². The smallest absolute Gasteiger partial charge is 0.0642 e. The SMILES string of the molecule is CC(O)Cc1ccc(N2CCCC2)c(Cl)c1. The predicted octanol–water partition coefficient (Wildman–Crippen LogP) is 2.86. The molecule has 2 rings (SSSR count). The summed E-state index contributed by atoms with van der Waals surface area (Å²) >= 11 is 6.27. The van der Waals surface area contributed by atoms with E-state index < -0.39 is 0 Å². The van der Waals surface area contributed by atoms with Gasteiger partial charge < -0.3 is 10.0 Å². The minimum atomic E-state index is -0.311. The summed E-state index contributed by atoms with van der Waals surface area (Å²) in [5.41, 5.74) is 2.23. The maximum Gasteiger partial charge on any atom is 0.0642 e. The van der Waals surface area contributed by atoms with Crippen LogP contribution in [0.4, 0.5) is 5.69 Å². The number of hydrogen-bond donors (Lipinski definition) is 1. The van der Waals surface area contributed by atoms with Crippen LogP contribution in [0.5, 0.6) is 0 Å². The topological polar surface area (TPSA) is 23.5 Å². The molecule has 1 aliphatic rings. The molecule has 88 valence electrons. The van der Waals surface area contributed by atoms with Gasteiger partial charge in [-0.2, -0.15) is 0 Å². The Balaban J connectivity index is 2.15. The van der Waals surface area contributed by atoms with E-state index in [1.54, 1.807) is 6.92 Å². The number of benzene rings is 1. The first-order chi connectivity index (χ1) is 7.66. The summed E-state index contributed by atoms with van der Waals surface area (Å²) in [6, 6.07) is 6.11. The minimum Gasteiger partial charge on any atom is -0.393 e. The molecule has 1 atom stereocenters. The molecular weight excluding hydrogens is 222 g/mol. The lowest BCUT2D eigenvalue weighted by Gasteiger charge is -2.19. The van der Waals surface area contributed by atoms with Crippen molar-refractivity contribution in [3.05, 3.63) is 28.8 Å². The van der Waals surface area contributed by atoms with Crippen LogP contribution in [0.15, 0.2) is 18.2 Å². The Morgan fingerprint density at radius 3 is 2.62 bits per heavy atom. The summed E-state index contributed by atoms with van der Waals surface area (Å²) in [6.45, 7) is 4.01. The van der Waals surface area contributed by atoms with Crippen LogP contribution < -0.4 is 4.90 Å². The molecule has 0 saturated carbocycles. The van der Waals surface area contributed by atoms with Crippen molar-refractivity contribution >= 4 is 17.3 Å². The van der Waals surface area contributed by atoms with E-state index in [4.69, 9.17) is 11.6 Å². The second-order valence-corrected chi connectivity index (χ2v) is 4.94. The fourth-order valence-electron chi connectivity index (χ4n) is 2.23. The first kappa shape index (κ1) is 11.7. The summed E-state index contributed by atoms with van der Waals surface area (Å²) in [4.78, 5) is 2.33. The molecule has 0 spiro atoms. The maximum absolute atomic E-state index is 9.32. The van der Waals surface area contributed by atoms with Gasteiger partial charge in [0.05, 0.1) is 16.8 Å². The lowest BCUT2D eigenvalue weighted by molar-refractivity contribution is 0.195. The summed E-state index contributed by atoms with van der Waals surface area (Å²) in [7, 11) is 0. The Hall–Kier alpha value is -0.730. The summed E-state index contributed by atoms with van der Waals surface area (Å²) in [5.74, 6) is 0. The molecule has 3 heteroatoms. The van der Waals surface area contributed by atoms with Crippen molar-refractivity contribution in [2.45, 2.75) is 32.3 Å². The van der Waals surface area contributed by atoms with Gasteiger partial charge in [0.2, 0.25) is 0 Å². The van der Waals surface area contributed by atoms with E-state index in [0.717, 1.165) is 29.4 Å². The second-order valence-electron chi connectivity index (χ2n) is 4.53. The van der Waals surface area contributed by atoms with Crippen LogP contribution in [0.25, 0.3) is 0 Å². The van der Waals surface area contributed by atoms with Crippen molar-refractivity contribution in [3.8, 4) is 0 Å². The van der Waals surface area contributed by atoms with Gasteiger partial charge in [-0.3, -0.25) is 0 Å². The third-order valence-corrected chi connectivity index (χ3v) is 3.29. The lowest BCUT2D eigenvalue weighted by Crippen LogP contribution is -2.18. The Kier molecular flexibility index (Phi) is 3.72. The van der Waals surface area contributed by atoms with Crippen LogP contribution in [0.2, 0.25) is 5.02 Å². The molecule has 0 aromatic heterocycles. The van der Waals surface area contributed by atoms with Gasteiger partial charge in [-0.25, -0.2) is 0 Å². The molecule has 1 unspecified atom stereocenters. The zero-order valence-corrected chi connectivity index (χ0v) is 10.4. The minimum absolute atomic E-state index is 0.311. The largest absolute Gasteiger partial charge is 0.393 e. The molecule has 1 aromatic rings. The monoisotopic (exact) mass is 239 g/mol. The van der Waals surface area contributed by atoms with E-state index in [9.17, 15) is 5.11 Å². The van der Waals surface area contributed by atoms with Gasteiger partial charge >= 0.3 is 0 Å². The number of aliphatic hydroxyl groups is 1. The van der Waals surface area contributed by atoms with Crippen molar-refractivity contribution in [2.75, 3.05) is 18.0 Å². The maximum atomic E-state index is 9.32. The van der Waals surface area contributed by atoms with Crippen LogP contribution in [0.1, 0.15) is 25.3 Å². The molecule has 1 aromatic carbocycles. The van der Waals surface area contributed by atoms with E-state index in [2.05, 4.69) is 17.0 Å². The molecule has 0 radical (unpaired) electrons. The highest BCUT2D eigenvalue weighted by Gasteiger charge is 2.15. The molecule has 2 nitrogen and oxygen atoms in total. The Labute approximate surface area is 102 Å². The van der Waals surface area contributed by atoms with Gasteiger partial charge in [0.1, 0.15) is 0 Å². The van der Waals surface area contributed by atoms with E-state index in [1.807, 2.05) is 6.07 Å². The van der Waals surface area contributed by atoms with Gasteiger partial charge in [-0.15, -0.1) is 0 Å². The van der Waals surface area contributed by atoms with E-state index in [1.165, 1.54) is 12.8 Å². The Bertz CT molecular complexity index is 359. The molecule has 1 saturated heterocycles. The van der Waals surface area contributed by atoms with Gasteiger partial charge in [0.15, 0.2) is 0 Å². The summed E-state index contributed by atoms with van der Waals surface area (Å²) < 4.78 is 0. The summed E-state index contributed by atoms with van der Waals surface area (Å²) in [5, 5.41) is 10.1. The first-order valence-corrected chi connectivity index (χ1v) is 6.26. The number of hydrogen-bond acceptors (Lipinski definition) is 2. The average molecular weight is 240 g/mol. The number of nitrogens with zero attached hydrogens (tertiary/aromatic N) is 1. The summed E-state index contributed by atoms with van der Waals surface area (Å²) in [6.07, 6.45) is 2.87. The number of halogens is 1. The van der Waals surface area contributed by atoms with Crippen LogP contribution >= 0.6 is 11.6 Å². The highest BCUT2D eigenvalue weighted by atomic mass is 35.5. The average Bonchev–Trinajstić information content (AvgIpc) is 2.69.